The quantitative estimate of drug-likeness (QED) is 0.877. The molecule has 3 nitrogen and oxygen atoms in total. The van der Waals surface area contributed by atoms with Gasteiger partial charge in [-0.1, -0.05) is 18.2 Å². The summed E-state index contributed by atoms with van der Waals surface area (Å²) in [6.07, 6.45) is 0. The number of ether oxygens (including phenoxy) is 2. The van der Waals surface area contributed by atoms with Gasteiger partial charge in [-0.25, -0.2) is 0 Å². The van der Waals surface area contributed by atoms with Crippen LogP contribution < -0.4 is 9.47 Å². The number of phenols is 1. The van der Waals surface area contributed by atoms with Gasteiger partial charge in [0.25, 0.3) is 0 Å². The number of methoxy groups -OCH3 is 1. The molecule has 0 spiro atoms. The fraction of sp³-hybridized carbons (Fsp3) is 0.143. The molecule has 2 aromatic carbocycles. The zero-order valence-corrected chi connectivity index (χ0v) is 9.59. The fourth-order valence-corrected chi connectivity index (χ4v) is 1.50. The molecule has 3 heteroatoms. The van der Waals surface area contributed by atoms with E-state index >= 15 is 0 Å². The molecular formula is C14H14O3. The van der Waals surface area contributed by atoms with Crippen molar-refractivity contribution >= 4 is 0 Å². The van der Waals surface area contributed by atoms with Crippen LogP contribution in [0.5, 0.6) is 17.2 Å². The maximum Gasteiger partial charge on any atom is 0.123 e. The second-order valence-electron chi connectivity index (χ2n) is 3.64. The van der Waals surface area contributed by atoms with E-state index in [4.69, 9.17) is 9.47 Å². The average Bonchev–Trinajstić information content (AvgIpc) is 2.37. The zero-order valence-electron chi connectivity index (χ0n) is 9.59. The van der Waals surface area contributed by atoms with Gasteiger partial charge in [-0.2, -0.15) is 0 Å². The fourth-order valence-electron chi connectivity index (χ4n) is 1.50. The van der Waals surface area contributed by atoms with Crippen molar-refractivity contribution in [1.29, 1.82) is 0 Å². The third-order valence-corrected chi connectivity index (χ3v) is 2.36. The van der Waals surface area contributed by atoms with Gasteiger partial charge in [-0.05, 0) is 29.8 Å². The lowest BCUT2D eigenvalue weighted by Gasteiger charge is -2.07. The van der Waals surface area contributed by atoms with Crippen LogP contribution in [-0.4, -0.2) is 12.2 Å². The van der Waals surface area contributed by atoms with Gasteiger partial charge >= 0.3 is 0 Å². The molecular weight excluding hydrogens is 216 g/mol. The largest absolute Gasteiger partial charge is 0.508 e. The molecule has 0 atom stereocenters. The Labute approximate surface area is 100 Å². The highest BCUT2D eigenvalue weighted by Gasteiger charge is 1.98. The minimum Gasteiger partial charge on any atom is -0.508 e. The van der Waals surface area contributed by atoms with Crippen LogP contribution in [-0.2, 0) is 6.61 Å². The molecule has 0 fully saturated rings. The Morgan fingerprint density at radius 2 is 1.76 bits per heavy atom. The van der Waals surface area contributed by atoms with E-state index in [9.17, 15) is 5.11 Å². The topological polar surface area (TPSA) is 38.7 Å². The zero-order chi connectivity index (χ0) is 12.1. The van der Waals surface area contributed by atoms with Crippen molar-refractivity contribution in [1.82, 2.24) is 0 Å². The normalized spacial score (nSPS) is 9.94. The van der Waals surface area contributed by atoms with Crippen LogP contribution in [0.15, 0.2) is 48.5 Å². The molecule has 0 aliphatic rings. The molecule has 0 heterocycles. The summed E-state index contributed by atoms with van der Waals surface area (Å²) in [5.74, 6) is 1.66. The third kappa shape index (κ3) is 3.14. The van der Waals surface area contributed by atoms with Crippen molar-refractivity contribution in [2.45, 2.75) is 6.61 Å². The highest BCUT2D eigenvalue weighted by Crippen LogP contribution is 2.20. The Morgan fingerprint density at radius 1 is 1.00 bits per heavy atom. The Kier molecular flexibility index (Phi) is 3.50. The molecule has 0 saturated carbocycles. The van der Waals surface area contributed by atoms with E-state index in [1.165, 1.54) is 0 Å². The predicted molar refractivity (Wildman–Crippen MR) is 65.4 cm³/mol. The van der Waals surface area contributed by atoms with Gasteiger partial charge in [0, 0.05) is 6.07 Å². The van der Waals surface area contributed by atoms with E-state index in [2.05, 4.69) is 0 Å². The van der Waals surface area contributed by atoms with Crippen LogP contribution in [0.25, 0.3) is 0 Å². The number of rotatable bonds is 4. The van der Waals surface area contributed by atoms with Gasteiger partial charge in [0.05, 0.1) is 7.11 Å². The van der Waals surface area contributed by atoms with Crippen LogP contribution in [0.2, 0.25) is 0 Å². The van der Waals surface area contributed by atoms with Crippen LogP contribution >= 0.6 is 0 Å². The summed E-state index contributed by atoms with van der Waals surface area (Å²) >= 11 is 0. The Morgan fingerprint density at radius 3 is 2.53 bits per heavy atom. The smallest absolute Gasteiger partial charge is 0.123 e. The maximum absolute atomic E-state index is 9.29. The van der Waals surface area contributed by atoms with E-state index in [1.54, 1.807) is 31.4 Å². The van der Waals surface area contributed by atoms with Gasteiger partial charge in [0.15, 0.2) is 0 Å². The molecule has 0 amide bonds. The minimum atomic E-state index is 0.202. The van der Waals surface area contributed by atoms with E-state index in [0.717, 1.165) is 11.3 Å². The van der Waals surface area contributed by atoms with E-state index in [-0.39, 0.29) is 5.75 Å². The van der Waals surface area contributed by atoms with E-state index < -0.39 is 0 Å². The number of hydrogen-bond donors (Lipinski definition) is 1. The van der Waals surface area contributed by atoms with Crippen LogP contribution in [0, 0.1) is 0 Å². The molecule has 0 unspecified atom stereocenters. The monoisotopic (exact) mass is 230 g/mol. The number of benzene rings is 2. The van der Waals surface area contributed by atoms with Gasteiger partial charge in [-0.3, -0.25) is 0 Å². The van der Waals surface area contributed by atoms with Gasteiger partial charge in [0.1, 0.15) is 23.9 Å². The summed E-state index contributed by atoms with van der Waals surface area (Å²) in [6.45, 7) is 0.445. The molecule has 0 saturated heterocycles. The van der Waals surface area contributed by atoms with Crippen LogP contribution in [0.1, 0.15) is 5.56 Å². The van der Waals surface area contributed by atoms with Gasteiger partial charge < -0.3 is 14.6 Å². The van der Waals surface area contributed by atoms with Crippen LogP contribution in [0.4, 0.5) is 0 Å². The minimum absolute atomic E-state index is 0.202. The van der Waals surface area contributed by atoms with Crippen molar-refractivity contribution in [2.24, 2.45) is 0 Å². The summed E-state index contributed by atoms with van der Waals surface area (Å²) in [4.78, 5) is 0. The molecule has 2 aromatic rings. The van der Waals surface area contributed by atoms with Crippen molar-refractivity contribution in [3.05, 3.63) is 54.1 Å². The summed E-state index contributed by atoms with van der Waals surface area (Å²) in [5.41, 5.74) is 1.02. The first-order valence-corrected chi connectivity index (χ1v) is 5.33. The maximum atomic E-state index is 9.29. The second-order valence-corrected chi connectivity index (χ2v) is 3.64. The highest BCUT2D eigenvalue weighted by atomic mass is 16.5. The molecule has 0 radical (unpaired) electrons. The number of phenolic OH excluding ortho intramolecular Hbond substituents is 1. The van der Waals surface area contributed by atoms with Crippen LogP contribution in [0.3, 0.4) is 0 Å². The Bertz CT molecular complexity index is 494. The summed E-state index contributed by atoms with van der Waals surface area (Å²) < 4.78 is 10.7. The van der Waals surface area contributed by atoms with Gasteiger partial charge in [-0.15, -0.1) is 0 Å². The summed E-state index contributed by atoms with van der Waals surface area (Å²) in [5, 5.41) is 9.29. The summed E-state index contributed by atoms with van der Waals surface area (Å²) in [7, 11) is 1.63. The molecule has 0 bridgehead atoms. The second kappa shape index (κ2) is 5.25. The Balaban J connectivity index is 2.02. The van der Waals surface area contributed by atoms with E-state index in [0.29, 0.717) is 12.4 Å². The van der Waals surface area contributed by atoms with Gasteiger partial charge in [0.2, 0.25) is 0 Å². The first kappa shape index (κ1) is 11.3. The lowest BCUT2D eigenvalue weighted by Crippen LogP contribution is -1.95. The molecule has 0 aliphatic heterocycles. The Hall–Kier alpha value is -2.16. The van der Waals surface area contributed by atoms with Crippen molar-refractivity contribution < 1.29 is 14.6 Å². The third-order valence-electron chi connectivity index (χ3n) is 2.36. The summed E-state index contributed by atoms with van der Waals surface area (Å²) in [6, 6.07) is 14.4. The SMILES string of the molecule is COc1cccc(COc2cccc(O)c2)c1. The molecule has 0 aliphatic carbocycles. The molecule has 88 valence electrons. The number of aromatic hydroxyl groups is 1. The first-order chi connectivity index (χ1) is 8.28. The first-order valence-electron chi connectivity index (χ1n) is 5.33. The molecule has 0 aromatic heterocycles. The number of hydrogen-bond acceptors (Lipinski definition) is 3. The highest BCUT2D eigenvalue weighted by molar-refractivity contribution is 5.32. The average molecular weight is 230 g/mol. The molecule has 1 N–H and O–H groups in total. The standard InChI is InChI=1S/C14H14O3/c1-16-13-6-2-4-11(8-13)10-17-14-7-3-5-12(15)9-14/h2-9,15H,10H2,1H3. The van der Waals surface area contributed by atoms with Crippen molar-refractivity contribution in [2.75, 3.05) is 7.11 Å². The lowest BCUT2D eigenvalue weighted by atomic mass is 10.2. The van der Waals surface area contributed by atoms with Crippen molar-refractivity contribution in [3.63, 3.8) is 0 Å². The molecule has 17 heavy (non-hydrogen) atoms. The predicted octanol–water partition coefficient (Wildman–Crippen LogP) is 2.98. The lowest BCUT2D eigenvalue weighted by molar-refractivity contribution is 0.303. The molecule has 2 rings (SSSR count). The van der Waals surface area contributed by atoms with E-state index in [1.807, 2.05) is 24.3 Å². The van der Waals surface area contributed by atoms with Crippen molar-refractivity contribution in [3.8, 4) is 17.2 Å².